The third-order valence-electron chi connectivity index (χ3n) is 5.09. The Balaban J connectivity index is 2.26. The maximum absolute atomic E-state index is 11.7. The number of ether oxygens (including phenoxy) is 1. The molecule has 1 amide bonds. The van der Waals surface area contributed by atoms with Crippen molar-refractivity contribution in [1.29, 1.82) is 0 Å². The molecule has 0 saturated heterocycles. The van der Waals surface area contributed by atoms with Crippen molar-refractivity contribution >= 4 is 5.91 Å². The Hall–Kier alpha value is -2.29. The van der Waals surface area contributed by atoms with Gasteiger partial charge in [-0.2, -0.15) is 0 Å². The quantitative estimate of drug-likeness (QED) is 0.889. The Morgan fingerprint density at radius 2 is 1.92 bits per heavy atom. The maximum atomic E-state index is 11.7. The van der Waals surface area contributed by atoms with E-state index in [1.807, 2.05) is 0 Å². The standard InChI is InChI=1S/C21H25NO2/c1-12-6-8-17-18(10-12)19(22-15(4)23)9-7-16-11-20(24-5)13(2)14(3)21(16)17/h6,8,10-11,19H,7,9H2,1-5H3,(H,22,23)/t19-/m0/s1. The van der Waals surface area contributed by atoms with Gasteiger partial charge in [0, 0.05) is 6.92 Å². The summed E-state index contributed by atoms with van der Waals surface area (Å²) in [6.45, 7) is 7.96. The molecular formula is C21H25NO2. The lowest BCUT2D eigenvalue weighted by atomic mass is 9.88. The number of hydrogen-bond acceptors (Lipinski definition) is 2. The van der Waals surface area contributed by atoms with Crippen LogP contribution in [-0.2, 0) is 11.2 Å². The van der Waals surface area contributed by atoms with E-state index >= 15 is 0 Å². The van der Waals surface area contributed by atoms with Crippen LogP contribution in [0.25, 0.3) is 11.1 Å². The Morgan fingerprint density at radius 3 is 2.58 bits per heavy atom. The maximum Gasteiger partial charge on any atom is 0.217 e. The molecule has 126 valence electrons. The average molecular weight is 323 g/mol. The fourth-order valence-corrected chi connectivity index (χ4v) is 3.78. The van der Waals surface area contributed by atoms with E-state index < -0.39 is 0 Å². The molecule has 0 unspecified atom stereocenters. The van der Waals surface area contributed by atoms with E-state index in [4.69, 9.17) is 4.74 Å². The summed E-state index contributed by atoms with van der Waals surface area (Å²) in [5.41, 5.74) is 8.71. The number of rotatable bonds is 2. The monoisotopic (exact) mass is 323 g/mol. The summed E-state index contributed by atoms with van der Waals surface area (Å²) in [5.74, 6) is 0.960. The van der Waals surface area contributed by atoms with Crippen molar-refractivity contribution in [3.63, 3.8) is 0 Å². The number of hydrogen-bond donors (Lipinski definition) is 1. The van der Waals surface area contributed by atoms with Gasteiger partial charge in [-0.3, -0.25) is 4.79 Å². The van der Waals surface area contributed by atoms with Crippen LogP contribution in [0.4, 0.5) is 0 Å². The van der Waals surface area contributed by atoms with E-state index in [2.05, 4.69) is 50.4 Å². The van der Waals surface area contributed by atoms with Crippen molar-refractivity contribution in [1.82, 2.24) is 5.32 Å². The van der Waals surface area contributed by atoms with Gasteiger partial charge >= 0.3 is 0 Å². The molecule has 0 heterocycles. The summed E-state index contributed by atoms with van der Waals surface area (Å²) in [6, 6.07) is 8.78. The zero-order chi connectivity index (χ0) is 17.4. The van der Waals surface area contributed by atoms with Gasteiger partial charge in [0.25, 0.3) is 0 Å². The Bertz CT molecular complexity index is 808. The molecule has 24 heavy (non-hydrogen) atoms. The third-order valence-corrected chi connectivity index (χ3v) is 5.09. The first kappa shape index (κ1) is 16.6. The van der Waals surface area contributed by atoms with Crippen LogP contribution in [0.2, 0.25) is 0 Å². The van der Waals surface area contributed by atoms with E-state index in [1.54, 1.807) is 14.0 Å². The third kappa shape index (κ3) is 2.79. The molecule has 3 heteroatoms. The molecule has 1 atom stereocenters. The first-order chi connectivity index (χ1) is 11.4. The lowest BCUT2D eigenvalue weighted by molar-refractivity contribution is -0.119. The van der Waals surface area contributed by atoms with Crippen molar-refractivity contribution < 1.29 is 9.53 Å². The van der Waals surface area contributed by atoms with Crippen molar-refractivity contribution in [3.05, 3.63) is 52.1 Å². The van der Waals surface area contributed by atoms with Crippen molar-refractivity contribution in [3.8, 4) is 16.9 Å². The zero-order valence-electron chi connectivity index (χ0n) is 15.1. The topological polar surface area (TPSA) is 38.3 Å². The van der Waals surface area contributed by atoms with Crippen molar-refractivity contribution in [2.45, 2.75) is 46.6 Å². The van der Waals surface area contributed by atoms with Crippen molar-refractivity contribution in [2.24, 2.45) is 0 Å². The van der Waals surface area contributed by atoms with Crippen LogP contribution >= 0.6 is 0 Å². The van der Waals surface area contributed by atoms with Crippen LogP contribution in [0, 0.1) is 20.8 Å². The first-order valence-corrected chi connectivity index (χ1v) is 8.47. The summed E-state index contributed by atoms with van der Waals surface area (Å²) >= 11 is 0. The minimum absolute atomic E-state index is 0.0175. The highest BCUT2D eigenvalue weighted by atomic mass is 16.5. The minimum Gasteiger partial charge on any atom is -0.496 e. The predicted octanol–water partition coefficient (Wildman–Crippen LogP) is 4.41. The molecule has 2 aromatic rings. The van der Waals surface area contributed by atoms with Gasteiger partial charge in [-0.15, -0.1) is 0 Å². The normalized spacial score (nSPS) is 16.0. The second-order valence-corrected chi connectivity index (χ2v) is 6.75. The van der Waals surface area contributed by atoms with Gasteiger partial charge in [-0.1, -0.05) is 23.8 Å². The summed E-state index contributed by atoms with van der Waals surface area (Å²) in [6.07, 6.45) is 1.82. The average Bonchev–Trinajstić information content (AvgIpc) is 2.68. The Kier molecular flexibility index (Phi) is 4.35. The highest BCUT2D eigenvalue weighted by molar-refractivity contribution is 5.79. The summed E-state index contributed by atoms with van der Waals surface area (Å²) in [5, 5.41) is 3.13. The molecule has 0 aliphatic heterocycles. The number of carbonyl (C=O) groups is 1. The molecule has 1 aliphatic rings. The summed E-state index contributed by atoms with van der Waals surface area (Å²) in [4.78, 5) is 11.7. The predicted molar refractivity (Wildman–Crippen MR) is 97.5 cm³/mol. The molecule has 2 aromatic carbocycles. The molecule has 0 aromatic heterocycles. The van der Waals surface area contributed by atoms with Crippen LogP contribution in [-0.4, -0.2) is 13.0 Å². The number of fused-ring (bicyclic) bond motifs is 3. The van der Waals surface area contributed by atoms with E-state index in [1.165, 1.54) is 38.9 Å². The molecule has 1 aliphatic carbocycles. The van der Waals surface area contributed by atoms with Gasteiger partial charge in [0.1, 0.15) is 5.75 Å². The van der Waals surface area contributed by atoms with Gasteiger partial charge in [-0.25, -0.2) is 0 Å². The van der Waals surface area contributed by atoms with Gasteiger partial charge in [0.15, 0.2) is 0 Å². The van der Waals surface area contributed by atoms with Crippen LogP contribution in [0.5, 0.6) is 5.75 Å². The molecule has 0 radical (unpaired) electrons. The second-order valence-electron chi connectivity index (χ2n) is 6.75. The van der Waals surface area contributed by atoms with Gasteiger partial charge in [-0.05, 0) is 73.1 Å². The SMILES string of the molecule is COc1cc2c(c(C)c1C)-c1ccc(C)cc1[C@@H](NC(C)=O)CC2. The molecule has 1 N–H and O–H groups in total. The molecule has 0 bridgehead atoms. The number of aryl methyl sites for hydroxylation is 2. The van der Waals surface area contributed by atoms with Crippen LogP contribution in [0.1, 0.15) is 47.2 Å². The smallest absolute Gasteiger partial charge is 0.217 e. The van der Waals surface area contributed by atoms with Crippen molar-refractivity contribution in [2.75, 3.05) is 7.11 Å². The number of amides is 1. The number of nitrogens with one attached hydrogen (secondary N) is 1. The number of methoxy groups -OCH3 is 1. The van der Waals surface area contributed by atoms with E-state index in [0.29, 0.717) is 0 Å². The molecule has 0 spiro atoms. The molecule has 0 saturated carbocycles. The van der Waals surface area contributed by atoms with E-state index in [9.17, 15) is 4.79 Å². The highest BCUT2D eigenvalue weighted by Crippen LogP contribution is 2.42. The number of benzene rings is 2. The van der Waals surface area contributed by atoms with Gasteiger partial charge in [0.2, 0.25) is 5.91 Å². The summed E-state index contributed by atoms with van der Waals surface area (Å²) < 4.78 is 5.56. The highest BCUT2D eigenvalue weighted by Gasteiger charge is 2.25. The van der Waals surface area contributed by atoms with E-state index in [-0.39, 0.29) is 11.9 Å². The number of carbonyl (C=O) groups excluding carboxylic acids is 1. The van der Waals surface area contributed by atoms with Gasteiger partial charge in [0.05, 0.1) is 13.2 Å². The van der Waals surface area contributed by atoms with Crippen LogP contribution in [0.3, 0.4) is 0 Å². The second kappa shape index (κ2) is 6.31. The van der Waals surface area contributed by atoms with Crippen LogP contribution in [0.15, 0.2) is 24.3 Å². The lowest BCUT2D eigenvalue weighted by Gasteiger charge is -2.20. The van der Waals surface area contributed by atoms with E-state index in [0.717, 1.165) is 18.6 Å². The molecule has 0 fully saturated rings. The zero-order valence-corrected chi connectivity index (χ0v) is 15.1. The summed E-state index contributed by atoms with van der Waals surface area (Å²) in [7, 11) is 1.72. The van der Waals surface area contributed by atoms with Crippen LogP contribution < -0.4 is 10.1 Å². The lowest BCUT2D eigenvalue weighted by Crippen LogP contribution is -2.26. The first-order valence-electron chi connectivity index (χ1n) is 8.47. The van der Waals surface area contributed by atoms with Gasteiger partial charge < -0.3 is 10.1 Å². The fourth-order valence-electron chi connectivity index (χ4n) is 3.78. The molecular weight excluding hydrogens is 298 g/mol. The fraction of sp³-hybridized carbons (Fsp3) is 0.381. The Morgan fingerprint density at radius 1 is 1.17 bits per heavy atom. The molecule has 3 rings (SSSR count). The largest absolute Gasteiger partial charge is 0.496 e. The molecule has 3 nitrogen and oxygen atoms in total. The minimum atomic E-state index is 0.0175. The Labute approximate surface area is 144 Å².